The lowest BCUT2D eigenvalue weighted by Crippen LogP contribution is -2.48. The van der Waals surface area contributed by atoms with Gasteiger partial charge in [0.05, 0.1) is 19.3 Å². The van der Waals surface area contributed by atoms with E-state index in [9.17, 15) is 0 Å². The first kappa shape index (κ1) is 19.5. The highest BCUT2D eigenvalue weighted by Crippen LogP contribution is 2.22. The number of H-pyrrole nitrogens is 1. The molecule has 1 aliphatic rings. The summed E-state index contributed by atoms with van der Waals surface area (Å²) < 4.78 is 7.79. The number of hydrogen-bond acceptors (Lipinski definition) is 3. The van der Waals surface area contributed by atoms with Crippen LogP contribution in [0.25, 0.3) is 10.9 Å². The van der Waals surface area contributed by atoms with Gasteiger partial charge < -0.3 is 19.9 Å². The number of fused-ring (bicyclic) bond motifs is 1. The molecule has 0 bridgehead atoms. The highest BCUT2D eigenvalue weighted by molar-refractivity contribution is 5.84. The van der Waals surface area contributed by atoms with E-state index in [0.717, 1.165) is 44.1 Å². The highest BCUT2D eigenvalue weighted by atomic mass is 16.5. The molecular formula is C22H30N6O. The van der Waals surface area contributed by atoms with Crippen molar-refractivity contribution < 1.29 is 4.74 Å². The maximum absolute atomic E-state index is 5.98. The fourth-order valence-electron chi connectivity index (χ4n) is 3.86. The van der Waals surface area contributed by atoms with Gasteiger partial charge in [-0.1, -0.05) is 12.1 Å². The number of hydrogen-bond donors (Lipinski definition) is 2. The minimum Gasteiger partial charge on any atom is -0.370 e. The second-order valence-corrected chi connectivity index (χ2v) is 7.60. The van der Waals surface area contributed by atoms with E-state index in [2.05, 4.69) is 58.5 Å². The molecule has 2 aromatic heterocycles. The van der Waals surface area contributed by atoms with E-state index in [1.165, 1.54) is 22.0 Å². The summed E-state index contributed by atoms with van der Waals surface area (Å²) in [6.07, 6.45) is 6.96. The predicted molar refractivity (Wildman–Crippen MR) is 116 cm³/mol. The molecule has 1 aromatic carbocycles. The number of aliphatic imine (C=N–C) groups is 1. The van der Waals surface area contributed by atoms with Gasteiger partial charge in [0.25, 0.3) is 0 Å². The highest BCUT2D eigenvalue weighted by Gasteiger charge is 2.25. The van der Waals surface area contributed by atoms with Crippen molar-refractivity contribution in [2.75, 3.05) is 32.8 Å². The number of nitrogens with one attached hydrogen (secondary N) is 2. The topological polar surface area (TPSA) is 70.5 Å². The van der Waals surface area contributed by atoms with E-state index in [1.807, 2.05) is 24.1 Å². The van der Waals surface area contributed by atoms with E-state index < -0.39 is 0 Å². The van der Waals surface area contributed by atoms with E-state index >= 15 is 0 Å². The smallest absolute Gasteiger partial charge is 0.194 e. The summed E-state index contributed by atoms with van der Waals surface area (Å²) in [7, 11) is 1.93. The van der Waals surface area contributed by atoms with Crippen LogP contribution in [0.1, 0.15) is 29.7 Å². The van der Waals surface area contributed by atoms with Crippen LogP contribution in [0.2, 0.25) is 0 Å². The first-order valence-corrected chi connectivity index (χ1v) is 10.3. The van der Waals surface area contributed by atoms with Gasteiger partial charge in [-0.2, -0.15) is 5.10 Å². The second kappa shape index (κ2) is 8.69. The van der Waals surface area contributed by atoms with Gasteiger partial charge in [-0.15, -0.1) is 0 Å². The fourth-order valence-corrected chi connectivity index (χ4v) is 3.86. The molecule has 2 N–H and O–H groups in total. The number of rotatable bonds is 5. The molecule has 0 saturated carbocycles. The van der Waals surface area contributed by atoms with Crippen LogP contribution in [0.15, 0.2) is 41.8 Å². The lowest BCUT2D eigenvalue weighted by atomic mass is 10.1. The molecule has 4 rings (SSSR count). The normalized spacial score (nSPS) is 17.8. The average molecular weight is 395 g/mol. The van der Waals surface area contributed by atoms with Gasteiger partial charge in [-0.05, 0) is 37.5 Å². The predicted octanol–water partition coefficient (Wildman–Crippen LogP) is 2.79. The Labute approximate surface area is 171 Å². The molecular weight excluding hydrogens is 364 g/mol. The molecule has 0 amide bonds. The summed E-state index contributed by atoms with van der Waals surface area (Å²) in [5, 5.41) is 9.01. The molecule has 3 heterocycles. The number of guanidine groups is 1. The molecule has 0 radical (unpaired) electrons. The maximum Gasteiger partial charge on any atom is 0.194 e. The molecule has 1 atom stereocenters. The average Bonchev–Trinajstić information content (AvgIpc) is 3.33. The molecule has 7 nitrogen and oxygen atoms in total. The molecule has 1 fully saturated rings. The largest absolute Gasteiger partial charge is 0.370 e. The maximum atomic E-state index is 5.98. The SMILES string of the molecule is CCNC(=NCCc1c[nH]c2cc(C)ccc12)N1CCOC(c2cnn(C)c2)C1. The van der Waals surface area contributed by atoms with E-state index in [-0.39, 0.29) is 6.10 Å². The van der Waals surface area contributed by atoms with Crippen LogP contribution in [0.5, 0.6) is 0 Å². The summed E-state index contributed by atoms with van der Waals surface area (Å²) in [5.74, 6) is 0.959. The Hall–Kier alpha value is -2.80. The van der Waals surface area contributed by atoms with E-state index in [1.54, 1.807) is 0 Å². The number of ether oxygens (including phenoxy) is 1. The van der Waals surface area contributed by atoms with Crippen molar-refractivity contribution in [3.63, 3.8) is 0 Å². The Bertz CT molecular complexity index is 988. The summed E-state index contributed by atoms with van der Waals surface area (Å²) in [5.41, 5.74) is 4.90. The lowest BCUT2D eigenvalue weighted by molar-refractivity contribution is -0.00803. The van der Waals surface area contributed by atoms with Crippen molar-refractivity contribution in [3.8, 4) is 0 Å². The summed E-state index contributed by atoms with van der Waals surface area (Å²) in [6, 6.07) is 6.56. The summed E-state index contributed by atoms with van der Waals surface area (Å²) in [4.78, 5) is 10.6. The van der Waals surface area contributed by atoms with E-state index in [4.69, 9.17) is 9.73 Å². The van der Waals surface area contributed by atoms with Crippen LogP contribution in [-0.4, -0.2) is 58.4 Å². The van der Waals surface area contributed by atoms with Crippen molar-refractivity contribution in [1.29, 1.82) is 0 Å². The zero-order chi connectivity index (χ0) is 20.2. The van der Waals surface area contributed by atoms with Crippen LogP contribution in [0, 0.1) is 6.92 Å². The summed E-state index contributed by atoms with van der Waals surface area (Å²) in [6.45, 7) is 8.13. The van der Waals surface area contributed by atoms with Crippen LogP contribution in [0.3, 0.4) is 0 Å². The van der Waals surface area contributed by atoms with Crippen molar-refractivity contribution in [3.05, 3.63) is 53.5 Å². The van der Waals surface area contributed by atoms with Crippen LogP contribution >= 0.6 is 0 Å². The van der Waals surface area contributed by atoms with Crippen LogP contribution in [0.4, 0.5) is 0 Å². The van der Waals surface area contributed by atoms with Gasteiger partial charge in [0, 0.05) is 55.5 Å². The van der Waals surface area contributed by atoms with Gasteiger partial charge in [0.2, 0.25) is 0 Å². The van der Waals surface area contributed by atoms with Crippen molar-refractivity contribution in [1.82, 2.24) is 25.0 Å². The zero-order valence-electron chi connectivity index (χ0n) is 17.5. The van der Waals surface area contributed by atoms with Gasteiger partial charge >= 0.3 is 0 Å². The van der Waals surface area contributed by atoms with Crippen LogP contribution in [-0.2, 0) is 18.2 Å². The van der Waals surface area contributed by atoms with Crippen molar-refractivity contribution >= 4 is 16.9 Å². The van der Waals surface area contributed by atoms with Crippen molar-refractivity contribution in [2.45, 2.75) is 26.4 Å². The lowest BCUT2D eigenvalue weighted by Gasteiger charge is -2.34. The number of aromatic amines is 1. The number of aryl methyl sites for hydroxylation is 2. The van der Waals surface area contributed by atoms with Gasteiger partial charge in [-0.3, -0.25) is 9.67 Å². The Kier molecular flexibility index (Phi) is 5.85. The Balaban J connectivity index is 1.44. The van der Waals surface area contributed by atoms with Gasteiger partial charge in [0.1, 0.15) is 6.10 Å². The quantitative estimate of drug-likeness (QED) is 0.516. The Morgan fingerprint density at radius 1 is 1.41 bits per heavy atom. The standard InChI is InChI=1S/C22H30N6O/c1-4-23-22(28-9-10-29-21(15-28)18-13-26-27(3)14-18)24-8-7-17-12-25-20-11-16(2)5-6-19(17)20/h5-6,11-14,21,25H,4,7-10,15H2,1-3H3,(H,23,24). The fraction of sp³-hybridized carbons (Fsp3) is 0.455. The molecule has 1 saturated heterocycles. The first-order valence-electron chi connectivity index (χ1n) is 10.3. The number of aromatic nitrogens is 3. The molecule has 1 unspecified atom stereocenters. The molecule has 7 heteroatoms. The molecule has 154 valence electrons. The zero-order valence-corrected chi connectivity index (χ0v) is 17.5. The minimum atomic E-state index is 0.0261. The monoisotopic (exact) mass is 394 g/mol. The molecule has 29 heavy (non-hydrogen) atoms. The van der Waals surface area contributed by atoms with Gasteiger partial charge in [-0.25, -0.2) is 0 Å². The molecule has 3 aromatic rings. The third kappa shape index (κ3) is 4.45. The molecule has 0 aliphatic carbocycles. The third-order valence-corrected chi connectivity index (χ3v) is 5.36. The molecule has 0 spiro atoms. The number of benzene rings is 1. The van der Waals surface area contributed by atoms with Crippen molar-refractivity contribution in [2.24, 2.45) is 12.0 Å². The number of morpholine rings is 1. The second-order valence-electron chi connectivity index (χ2n) is 7.60. The Morgan fingerprint density at radius 2 is 2.31 bits per heavy atom. The number of nitrogens with zero attached hydrogens (tertiary/aromatic N) is 4. The molecule has 1 aliphatic heterocycles. The van der Waals surface area contributed by atoms with Crippen LogP contribution < -0.4 is 5.32 Å². The van der Waals surface area contributed by atoms with Gasteiger partial charge in [0.15, 0.2) is 5.96 Å². The Morgan fingerprint density at radius 3 is 3.10 bits per heavy atom. The van der Waals surface area contributed by atoms with E-state index in [0.29, 0.717) is 6.61 Å². The summed E-state index contributed by atoms with van der Waals surface area (Å²) >= 11 is 0. The third-order valence-electron chi connectivity index (χ3n) is 5.36. The minimum absolute atomic E-state index is 0.0261. The first-order chi connectivity index (χ1) is 14.1.